The first-order valence-electron chi connectivity index (χ1n) is 3.87. The predicted octanol–water partition coefficient (Wildman–Crippen LogP) is -0.0635. The highest BCUT2D eigenvalue weighted by Gasteiger charge is 2.62. The van der Waals surface area contributed by atoms with Crippen LogP contribution in [0.15, 0.2) is 0 Å². The van der Waals surface area contributed by atoms with Crippen LogP contribution in [0, 0.1) is 0 Å². The number of carbonyl (C=O) groups excluding carboxylic acids is 2. The molecule has 0 aliphatic carbocycles. The lowest BCUT2D eigenvalue weighted by Gasteiger charge is -2.27. The molecule has 0 unspecified atom stereocenters. The Balaban J connectivity index is 5.04. The van der Waals surface area contributed by atoms with E-state index in [0.29, 0.717) is 7.11 Å². The van der Waals surface area contributed by atoms with Crippen LogP contribution >= 0.6 is 0 Å². The van der Waals surface area contributed by atoms with Crippen molar-refractivity contribution in [2.24, 2.45) is 0 Å². The summed E-state index contributed by atoms with van der Waals surface area (Å²) in [6.07, 6.45) is -5.65. The monoisotopic (exact) mass is 229 g/mol. The van der Waals surface area contributed by atoms with Crippen LogP contribution in [-0.4, -0.2) is 36.0 Å². The summed E-state index contributed by atoms with van der Waals surface area (Å²) in [6, 6.07) is 0. The molecular weight excluding hydrogens is 219 g/mol. The van der Waals surface area contributed by atoms with Gasteiger partial charge in [-0.15, -0.1) is 0 Å². The lowest BCUT2D eigenvalue weighted by atomic mass is 10.2. The number of hydrogen-bond acceptors (Lipinski definition) is 4. The minimum Gasteiger partial charge on any atom is -0.465 e. The number of amides is 1. The van der Waals surface area contributed by atoms with Gasteiger partial charge in [-0.3, -0.25) is 4.79 Å². The molecule has 0 saturated heterocycles. The highest BCUT2D eigenvalue weighted by Crippen LogP contribution is 2.29. The zero-order valence-electron chi connectivity index (χ0n) is 8.01. The minimum absolute atomic E-state index is 0.310. The molecule has 0 aromatic carbocycles. The van der Waals surface area contributed by atoms with Gasteiger partial charge in [0, 0.05) is 6.42 Å². The zero-order chi connectivity index (χ0) is 12.3. The maximum Gasteiger partial charge on any atom is 0.448 e. The maximum absolute atomic E-state index is 12.3. The molecular formula is C7H10F3NO4. The number of nitrogens with one attached hydrogen (secondary N) is 1. The normalized spacial score (nSPS) is 15.3. The molecule has 0 aromatic heterocycles. The summed E-state index contributed by atoms with van der Waals surface area (Å²) in [5, 5.41) is 10.1. The van der Waals surface area contributed by atoms with E-state index in [-0.39, 0.29) is 6.42 Å². The van der Waals surface area contributed by atoms with Crippen molar-refractivity contribution in [3.63, 3.8) is 0 Å². The third-order valence-electron chi connectivity index (χ3n) is 1.53. The van der Waals surface area contributed by atoms with Crippen LogP contribution in [0.25, 0.3) is 0 Å². The van der Waals surface area contributed by atoms with Gasteiger partial charge < -0.3 is 15.2 Å². The van der Waals surface area contributed by atoms with Gasteiger partial charge in [0.2, 0.25) is 5.91 Å². The second kappa shape index (κ2) is 4.47. The van der Waals surface area contributed by atoms with E-state index in [1.807, 2.05) is 0 Å². The van der Waals surface area contributed by atoms with Gasteiger partial charge in [0.05, 0.1) is 7.11 Å². The van der Waals surface area contributed by atoms with Crippen LogP contribution in [0.5, 0.6) is 0 Å². The number of aliphatic hydroxyl groups is 1. The van der Waals surface area contributed by atoms with E-state index in [0.717, 1.165) is 5.32 Å². The summed E-state index contributed by atoms with van der Waals surface area (Å²) < 4.78 is 40.6. The molecule has 88 valence electrons. The number of alkyl halides is 3. The molecule has 1 atom stereocenters. The summed E-state index contributed by atoms with van der Waals surface area (Å²) in [7, 11) is 0.664. The Morgan fingerprint density at radius 1 is 1.40 bits per heavy atom. The van der Waals surface area contributed by atoms with E-state index in [9.17, 15) is 22.8 Å². The molecule has 15 heavy (non-hydrogen) atoms. The van der Waals surface area contributed by atoms with Crippen LogP contribution < -0.4 is 5.32 Å². The van der Waals surface area contributed by atoms with Crippen LogP contribution in [0.3, 0.4) is 0 Å². The highest BCUT2D eigenvalue weighted by molar-refractivity contribution is 5.87. The van der Waals surface area contributed by atoms with Gasteiger partial charge in [0.15, 0.2) is 0 Å². The van der Waals surface area contributed by atoms with E-state index in [1.54, 1.807) is 0 Å². The number of halogens is 3. The smallest absolute Gasteiger partial charge is 0.448 e. The first-order valence-corrected chi connectivity index (χ1v) is 3.87. The lowest BCUT2D eigenvalue weighted by molar-refractivity contribution is -0.270. The van der Waals surface area contributed by atoms with E-state index < -0.39 is 23.8 Å². The Kier molecular flexibility index (Phi) is 4.08. The quantitative estimate of drug-likeness (QED) is 0.525. The van der Waals surface area contributed by atoms with Gasteiger partial charge in [-0.25, -0.2) is 4.79 Å². The zero-order valence-corrected chi connectivity index (χ0v) is 8.01. The second-order valence-electron chi connectivity index (χ2n) is 2.60. The Morgan fingerprint density at radius 2 is 1.87 bits per heavy atom. The van der Waals surface area contributed by atoms with Crippen molar-refractivity contribution in [2.45, 2.75) is 25.2 Å². The Labute approximate surface area is 83.2 Å². The van der Waals surface area contributed by atoms with Crippen LogP contribution in [0.2, 0.25) is 0 Å². The molecule has 5 nitrogen and oxygen atoms in total. The van der Waals surface area contributed by atoms with Crippen molar-refractivity contribution < 1.29 is 32.6 Å². The van der Waals surface area contributed by atoms with Gasteiger partial charge in [-0.05, 0) is 0 Å². The molecule has 0 fully saturated rings. The van der Waals surface area contributed by atoms with Gasteiger partial charge in [0.1, 0.15) is 0 Å². The van der Waals surface area contributed by atoms with Crippen molar-refractivity contribution >= 4 is 11.9 Å². The molecule has 0 aliphatic heterocycles. The van der Waals surface area contributed by atoms with E-state index in [1.165, 1.54) is 6.92 Å². The first-order chi connectivity index (χ1) is 6.69. The van der Waals surface area contributed by atoms with Crippen molar-refractivity contribution in [1.29, 1.82) is 0 Å². The van der Waals surface area contributed by atoms with Crippen LogP contribution in [0.4, 0.5) is 13.2 Å². The third kappa shape index (κ3) is 2.82. The minimum atomic E-state index is -5.34. The largest absolute Gasteiger partial charge is 0.465 e. The molecule has 1 amide bonds. The molecule has 0 rings (SSSR count). The maximum atomic E-state index is 12.3. The fourth-order valence-corrected chi connectivity index (χ4v) is 0.675. The van der Waals surface area contributed by atoms with E-state index in [4.69, 9.17) is 5.11 Å². The Hall–Kier alpha value is -1.31. The van der Waals surface area contributed by atoms with Gasteiger partial charge in [-0.2, -0.15) is 13.2 Å². The number of hydrogen-bond donors (Lipinski definition) is 2. The standard InChI is InChI=1S/C7H10F3NO4/c1-3-4(12)11-6(14,5(13)15-2)7(8,9)10/h14H,3H2,1-2H3,(H,11,12)/t6-/m1/s1. The highest BCUT2D eigenvalue weighted by atomic mass is 19.4. The third-order valence-corrected chi connectivity index (χ3v) is 1.53. The van der Waals surface area contributed by atoms with Gasteiger partial charge >= 0.3 is 17.9 Å². The fourth-order valence-electron chi connectivity index (χ4n) is 0.675. The lowest BCUT2D eigenvalue weighted by Crippen LogP contribution is -2.64. The molecule has 2 N–H and O–H groups in total. The topological polar surface area (TPSA) is 75.6 Å². The summed E-state index contributed by atoms with van der Waals surface area (Å²) in [5.74, 6) is -3.11. The number of rotatable bonds is 3. The molecule has 0 aliphatic rings. The number of methoxy groups -OCH3 is 1. The molecule has 0 saturated carbocycles. The average molecular weight is 229 g/mol. The number of ether oxygens (including phenoxy) is 1. The molecule has 0 heterocycles. The summed E-state index contributed by atoms with van der Waals surface area (Å²) in [6.45, 7) is 1.27. The Bertz CT molecular complexity index is 265. The van der Waals surface area contributed by atoms with Crippen LogP contribution in [-0.2, 0) is 14.3 Å². The van der Waals surface area contributed by atoms with E-state index in [2.05, 4.69) is 4.74 Å². The van der Waals surface area contributed by atoms with Crippen LogP contribution in [0.1, 0.15) is 13.3 Å². The van der Waals surface area contributed by atoms with Crippen molar-refractivity contribution in [3.8, 4) is 0 Å². The SMILES string of the molecule is CCC(=O)N[C@@](O)(C(=O)OC)C(F)(F)F. The van der Waals surface area contributed by atoms with Crippen molar-refractivity contribution in [1.82, 2.24) is 5.32 Å². The summed E-state index contributed by atoms with van der Waals surface area (Å²) >= 11 is 0. The molecule has 0 radical (unpaired) electrons. The number of esters is 1. The molecule has 0 aromatic rings. The van der Waals surface area contributed by atoms with E-state index >= 15 is 0 Å². The van der Waals surface area contributed by atoms with Crippen molar-refractivity contribution in [3.05, 3.63) is 0 Å². The molecule has 8 heteroatoms. The summed E-state index contributed by atoms with van der Waals surface area (Å²) in [4.78, 5) is 21.4. The van der Waals surface area contributed by atoms with Gasteiger partial charge in [0.25, 0.3) is 0 Å². The molecule has 0 bridgehead atoms. The second-order valence-corrected chi connectivity index (χ2v) is 2.60. The first kappa shape index (κ1) is 13.7. The predicted molar refractivity (Wildman–Crippen MR) is 41.5 cm³/mol. The summed E-state index contributed by atoms with van der Waals surface area (Å²) in [5.41, 5.74) is -3.99. The average Bonchev–Trinajstić information content (AvgIpc) is 2.14. The van der Waals surface area contributed by atoms with Gasteiger partial charge in [-0.1, -0.05) is 6.92 Å². The number of carbonyl (C=O) groups is 2. The van der Waals surface area contributed by atoms with Crippen molar-refractivity contribution in [2.75, 3.05) is 7.11 Å². The Morgan fingerprint density at radius 3 is 2.13 bits per heavy atom. The fraction of sp³-hybridized carbons (Fsp3) is 0.714. The molecule has 0 spiro atoms.